The van der Waals surface area contributed by atoms with E-state index in [1.165, 1.54) is 11.3 Å². The van der Waals surface area contributed by atoms with Gasteiger partial charge in [-0.15, -0.1) is 11.3 Å². The largest absolute Gasteiger partial charge is 0.506 e. The minimum atomic E-state index is -0.187. The lowest BCUT2D eigenvalue weighted by Crippen LogP contribution is -1.98. The topological polar surface area (TPSA) is 50.2 Å². The van der Waals surface area contributed by atoms with Gasteiger partial charge in [-0.1, -0.05) is 15.9 Å². The molecule has 19 heavy (non-hydrogen) atoms. The van der Waals surface area contributed by atoms with E-state index in [1.54, 1.807) is 42.6 Å². The van der Waals surface area contributed by atoms with Crippen LogP contribution in [-0.4, -0.2) is 15.9 Å². The van der Waals surface area contributed by atoms with Crippen LogP contribution in [0.3, 0.4) is 0 Å². The van der Waals surface area contributed by atoms with Crippen molar-refractivity contribution in [3.63, 3.8) is 0 Å². The highest BCUT2D eigenvalue weighted by Gasteiger charge is 2.19. The number of hydrogen-bond donors (Lipinski definition) is 1. The van der Waals surface area contributed by atoms with E-state index < -0.39 is 0 Å². The van der Waals surface area contributed by atoms with E-state index in [9.17, 15) is 9.90 Å². The molecule has 0 radical (unpaired) electrons. The molecule has 1 N–H and O–H groups in total. The highest BCUT2D eigenvalue weighted by molar-refractivity contribution is 9.10. The predicted molar refractivity (Wildman–Crippen MR) is 78.9 cm³/mol. The second kappa shape index (κ2) is 4.75. The second-order valence-electron chi connectivity index (χ2n) is 3.97. The molecule has 94 valence electrons. The fourth-order valence-corrected chi connectivity index (χ4v) is 3.07. The van der Waals surface area contributed by atoms with Crippen molar-refractivity contribution in [2.45, 2.75) is 0 Å². The van der Waals surface area contributed by atoms with Crippen LogP contribution in [0, 0.1) is 0 Å². The summed E-state index contributed by atoms with van der Waals surface area (Å²) in [5, 5.41) is 10.7. The lowest BCUT2D eigenvalue weighted by Gasteiger charge is -1.99. The Morgan fingerprint density at radius 3 is 2.63 bits per heavy atom. The highest BCUT2D eigenvalue weighted by Crippen LogP contribution is 2.36. The Morgan fingerprint density at radius 2 is 1.95 bits per heavy atom. The molecule has 0 bridgehead atoms. The van der Waals surface area contributed by atoms with E-state index in [4.69, 9.17) is 0 Å². The molecule has 0 fully saturated rings. The Bertz CT molecular complexity index is 765. The molecular formula is C14H8BrNO2S. The minimum absolute atomic E-state index is 0.0148. The van der Waals surface area contributed by atoms with Gasteiger partial charge in [-0.2, -0.15) is 0 Å². The van der Waals surface area contributed by atoms with Crippen LogP contribution in [0.5, 0.6) is 5.75 Å². The van der Waals surface area contributed by atoms with Crippen LogP contribution in [0.15, 0.2) is 47.1 Å². The Morgan fingerprint density at radius 1 is 1.21 bits per heavy atom. The molecule has 2 aromatic heterocycles. The third kappa shape index (κ3) is 2.15. The van der Waals surface area contributed by atoms with Crippen molar-refractivity contribution in [1.29, 1.82) is 0 Å². The maximum absolute atomic E-state index is 12.4. The quantitative estimate of drug-likeness (QED) is 0.721. The van der Waals surface area contributed by atoms with Gasteiger partial charge in [0.25, 0.3) is 0 Å². The zero-order valence-electron chi connectivity index (χ0n) is 9.63. The van der Waals surface area contributed by atoms with E-state index in [0.29, 0.717) is 20.7 Å². The first-order valence-electron chi connectivity index (χ1n) is 5.53. The third-order valence-corrected chi connectivity index (χ3v) is 4.38. The van der Waals surface area contributed by atoms with Crippen molar-refractivity contribution in [2.24, 2.45) is 0 Å². The number of hydrogen-bond acceptors (Lipinski definition) is 4. The van der Waals surface area contributed by atoms with Gasteiger partial charge in [0.2, 0.25) is 5.78 Å². The highest BCUT2D eigenvalue weighted by atomic mass is 79.9. The fourth-order valence-electron chi connectivity index (χ4n) is 1.81. The molecule has 0 spiro atoms. The van der Waals surface area contributed by atoms with Gasteiger partial charge in [0.15, 0.2) is 0 Å². The number of halogens is 1. The average molecular weight is 334 g/mol. The molecule has 0 aliphatic rings. The van der Waals surface area contributed by atoms with E-state index in [2.05, 4.69) is 20.9 Å². The Labute approximate surface area is 121 Å². The smallest absolute Gasteiger partial charge is 0.206 e. The first kappa shape index (κ1) is 12.3. The molecule has 0 atom stereocenters. The standard InChI is InChI=1S/C14H8BrNO2S/c15-9-5-3-8(4-6-9)11(17)13-12(18)10-2-1-7-16-14(10)19-13/h1-7,18H. The minimum Gasteiger partial charge on any atom is -0.506 e. The monoisotopic (exact) mass is 333 g/mol. The van der Waals surface area contributed by atoms with Gasteiger partial charge in [-0.3, -0.25) is 4.79 Å². The number of nitrogens with zero attached hydrogens (tertiary/aromatic N) is 1. The lowest BCUT2D eigenvalue weighted by molar-refractivity contribution is 0.104. The van der Waals surface area contributed by atoms with Crippen LogP contribution in [0.25, 0.3) is 10.2 Å². The number of thiophene rings is 1. The molecule has 3 aromatic rings. The molecule has 1 aromatic carbocycles. The molecular weight excluding hydrogens is 326 g/mol. The summed E-state index contributed by atoms with van der Waals surface area (Å²) in [7, 11) is 0. The predicted octanol–water partition coefficient (Wildman–Crippen LogP) is 4.00. The molecule has 0 unspecified atom stereocenters. The Kier molecular flexibility index (Phi) is 3.08. The van der Waals surface area contributed by atoms with Gasteiger partial charge in [-0.25, -0.2) is 4.98 Å². The van der Waals surface area contributed by atoms with Crippen LogP contribution in [-0.2, 0) is 0 Å². The second-order valence-corrected chi connectivity index (χ2v) is 5.89. The molecule has 5 heteroatoms. The third-order valence-electron chi connectivity index (χ3n) is 2.75. The molecule has 3 nitrogen and oxygen atoms in total. The molecule has 0 amide bonds. The van der Waals surface area contributed by atoms with Crippen LogP contribution in [0.2, 0.25) is 0 Å². The molecule has 2 heterocycles. The van der Waals surface area contributed by atoms with E-state index in [0.717, 1.165) is 4.47 Å². The van der Waals surface area contributed by atoms with Gasteiger partial charge in [0.05, 0.1) is 5.39 Å². The number of fused-ring (bicyclic) bond motifs is 1. The van der Waals surface area contributed by atoms with E-state index in [-0.39, 0.29) is 11.5 Å². The van der Waals surface area contributed by atoms with Crippen molar-refractivity contribution >= 4 is 43.3 Å². The average Bonchev–Trinajstić information content (AvgIpc) is 2.77. The molecule has 0 aliphatic carbocycles. The van der Waals surface area contributed by atoms with E-state index in [1.807, 2.05) is 0 Å². The Hall–Kier alpha value is -1.72. The van der Waals surface area contributed by atoms with Crippen LogP contribution >= 0.6 is 27.3 Å². The number of ketones is 1. The van der Waals surface area contributed by atoms with Crippen LogP contribution < -0.4 is 0 Å². The zero-order valence-corrected chi connectivity index (χ0v) is 12.0. The summed E-state index contributed by atoms with van der Waals surface area (Å²) in [6.45, 7) is 0. The van der Waals surface area contributed by atoms with E-state index >= 15 is 0 Å². The Balaban J connectivity index is 2.11. The fraction of sp³-hybridized carbons (Fsp3) is 0. The maximum Gasteiger partial charge on any atom is 0.206 e. The SMILES string of the molecule is O=C(c1ccc(Br)cc1)c1sc2ncccc2c1O. The van der Waals surface area contributed by atoms with Gasteiger partial charge in [0, 0.05) is 16.2 Å². The molecule has 0 saturated heterocycles. The first-order chi connectivity index (χ1) is 9.16. The van der Waals surface area contributed by atoms with Gasteiger partial charge in [-0.05, 0) is 36.4 Å². The van der Waals surface area contributed by atoms with Crippen molar-refractivity contribution < 1.29 is 9.90 Å². The van der Waals surface area contributed by atoms with Gasteiger partial charge >= 0.3 is 0 Å². The summed E-state index contributed by atoms with van der Waals surface area (Å²) >= 11 is 4.53. The zero-order chi connectivity index (χ0) is 13.4. The van der Waals surface area contributed by atoms with Crippen molar-refractivity contribution in [3.8, 4) is 5.75 Å². The summed E-state index contributed by atoms with van der Waals surface area (Å²) in [5.74, 6) is -0.172. The molecule has 3 rings (SSSR count). The number of benzene rings is 1. The van der Waals surface area contributed by atoms with Crippen molar-refractivity contribution in [1.82, 2.24) is 4.98 Å². The number of carbonyl (C=O) groups is 1. The summed E-state index contributed by atoms with van der Waals surface area (Å²) in [5.41, 5.74) is 0.546. The molecule has 0 aliphatic heterocycles. The summed E-state index contributed by atoms with van der Waals surface area (Å²) in [4.78, 5) is 17.5. The number of aromatic nitrogens is 1. The number of aromatic hydroxyl groups is 1. The van der Waals surface area contributed by atoms with Crippen LogP contribution in [0.1, 0.15) is 15.2 Å². The maximum atomic E-state index is 12.4. The number of pyridine rings is 1. The summed E-state index contributed by atoms with van der Waals surface area (Å²) in [6.07, 6.45) is 1.64. The van der Waals surface area contributed by atoms with Crippen LogP contribution in [0.4, 0.5) is 0 Å². The van der Waals surface area contributed by atoms with Crippen molar-refractivity contribution in [2.75, 3.05) is 0 Å². The normalized spacial score (nSPS) is 10.8. The number of carbonyl (C=O) groups excluding carboxylic acids is 1. The summed E-state index contributed by atoms with van der Waals surface area (Å²) < 4.78 is 0.909. The number of rotatable bonds is 2. The van der Waals surface area contributed by atoms with Gasteiger partial charge in [0.1, 0.15) is 15.5 Å². The summed E-state index contributed by atoms with van der Waals surface area (Å²) in [6, 6.07) is 10.5. The first-order valence-corrected chi connectivity index (χ1v) is 7.14. The molecule has 0 saturated carbocycles. The van der Waals surface area contributed by atoms with Crippen molar-refractivity contribution in [3.05, 3.63) is 57.5 Å². The lowest BCUT2D eigenvalue weighted by atomic mass is 10.1. The van der Waals surface area contributed by atoms with Gasteiger partial charge < -0.3 is 5.11 Å².